The highest BCUT2D eigenvalue weighted by atomic mass is 32.1. The molecule has 0 unspecified atom stereocenters. The zero-order chi connectivity index (χ0) is 12.7. The van der Waals surface area contributed by atoms with Gasteiger partial charge >= 0.3 is 5.97 Å². The van der Waals surface area contributed by atoms with Crippen molar-refractivity contribution in [1.82, 2.24) is 4.40 Å². The minimum Gasteiger partial charge on any atom is -0.464 e. The standard InChI is InChI=1S/C13H9NO3S/c1-17-13(16)10-6-8(7-15)12-14(10)9-4-2-3-5-11(9)18-12/h2-7H,1H3. The third kappa shape index (κ3) is 1.37. The average molecular weight is 259 g/mol. The Morgan fingerprint density at radius 1 is 1.39 bits per heavy atom. The summed E-state index contributed by atoms with van der Waals surface area (Å²) < 4.78 is 7.55. The van der Waals surface area contributed by atoms with E-state index in [-0.39, 0.29) is 0 Å². The van der Waals surface area contributed by atoms with Crippen LogP contribution in [0.3, 0.4) is 0 Å². The fraction of sp³-hybridized carbons (Fsp3) is 0.0769. The summed E-state index contributed by atoms with van der Waals surface area (Å²) in [4.78, 5) is 23.6. The van der Waals surface area contributed by atoms with Crippen molar-refractivity contribution in [3.8, 4) is 0 Å². The van der Waals surface area contributed by atoms with E-state index in [0.29, 0.717) is 11.3 Å². The molecule has 2 heterocycles. The largest absolute Gasteiger partial charge is 0.464 e. The van der Waals surface area contributed by atoms with Crippen molar-refractivity contribution in [1.29, 1.82) is 0 Å². The highest BCUT2D eigenvalue weighted by Crippen LogP contribution is 2.31. The maximum absolute atomic E-state index is 11.7. The van der Waals surface area contributed by atoms with Crippen LogP contribution in [0.5, 0.6) is 0 Å². The first-order valence-corrected chi connectivity index (χ1v) is 6.14. The number of esters is 1. The van der Waals surface area contributed by atoms with E-state index >= 15 is 0 Å². The van der Waals surface area contributed by atoms with Crippen molar-refractivity contribution in [2.24, 2.45) is 0 Å². The molecule has 5 heteroatoms. The van der Waals surface area contributed by atoms with E-state index in [4.69, 9.17) is 4.74 Å². The minimum atomic E-state index is -0.443. The van der Waals surface area contributed by atoms with Gasteiger partial charge in [-0.15, -0.1) is 11.3 Å². The van der Waals surface area contributed by atoms with Crippen LogP contribution in [0.25, 0.3) is 15.0 Å². The molecule has 3 rings (SSSR count). The number of methoxy groups -OCH3 is 1. The quantitative estimate of drug-likeness (QED) is 0.525. The van der Waals surface area contributed by atoms with E-state index in [9.17, 15) is 9.59 Å². The second-order valence-electron chi connectivity index (χ2n) is 3.80. The van der Waals surface area contributed by atoms with Crippen molar-refractivity contribution < 1.29 is 14.3 Å². The van der Waals surface area contributed by atoms with Crippen LogP contribution >= 0.6 is 11.3 Å². The Morgan fingerprint density at radius 3 is 2.89 bits per heavy atom. The summed E-state index contributed by atoms with van der Waals surface area (Å²) in [6.07, 6.45) is 0.761. The predicted octanol–water partition coefficient (Wildman–Crippen LogP) is 2.75. The summed E-state index contributed by atoms with van der Waals surface area (Å²) in [7, 11) is 1.33. The molecule has 4 nitrogen and oxygen atoms in total. The average Bonchev–Trinajstić information content (AvgIpc) is 2.94. The van der Waals surface area contributed by atoms with E-state index in [2.05, 4.69) is 0 Å². The number of ether oxygens (including phenoxy) is 1. The third-order valence-corrected chi connectivity index (χ3v) is 3.99. The molecule has 0 amide bonds. The van der Waals surface area contributed by atoms with E-state index in [1.165, 1.54) is 18.4 Å². The molecule has 0 N–H and O–H groups in total. The van der Waals surface area contributed by atoms with Gasteiger partial charge in [-0.3, -0.25) is 9.20 Å². The molecule has 0 fully saturated rings. The molecule has 0 saturated carbocycles. The maximum atomic E-state index is 11.7. The Labute approximate surface area is 106 Å². The van der Waals surface area contributed by atoms with Gasteiger partial charge in [-0.2, -0.15) is 0 Å². The molecule has 0 saturated heterocycles. The summed E-state index contributed by atoms with van der Waals surface area (Å²) in [6.45, 7) is 0. The van der Waals surface area contributed by atoms with Gasteiger partial charge in [0.25, 0.3) is 0 Å². The fourth-order valence-corrected chi connectivity index (χ4v) is 3.16. The topological polar surface area (TPSA) is 47.8 Å². The van der Waals surface area contributed by atoms with Gasteiger partial charge < -0.3 is 4.74 Å². The molecule has 0 aliphatic rings. The number of carbonyl (C=O) groups is 2. The first-order valence-electron chi connectivity index (χ1n) is 5.32. The van der Waals surface area contributed by atoms with Gasteiger partial charge in [0.2, 0.25) is 0 Å². The molecular weight excluding hydrogens is 250 g/mol. The summed E-state index contributed by atoms with van der Waals surface area (Å²) >= 11 is 1.49. The molecule has 0 radical (unpaired) electrons. The number of aldehydes is 1. The molecular formula is C13H9NO3S. The molecule has 0 aliphatic heterocycles. The minimum absolute atomic E-state index is 0.382. The zero-order valence-corrected chi connectivity index (χ0v) is 10.4. The van der Waals surface area contributed by atoms with E-state index in [0.717, 1.165) is 21.3 Å². The molecule has 18 heavy (non-hydrogen) atoms. The zero-order valence-electron chi connectivity index (χ0n) is 9.54. The Hall–Kier alpha value is -2.14. The maximum Gasteiger partial charge on any atom is 0.355 e. The van der Waals surface area contributed by atoms with Crippen molar-refractivity contribution >= 4 is 38.6 Å². The highest BCUT2D eigenvalue weighted by molar-refractivity contribution is 7.24. The highest BCUT2D eigenvalue weighted by Gasteiger charge is 2.19. The van der Waals surface area contributed by atoms with Crippen LogP contribution in [-0.2, 0) is 4.74 Å². The molecule has 0 atom stereocenters. The normalized spacial score (nSPS) is 10.9. The van der Waals surface area contributed by atoms with Crippen molar-refractivity contribution in [2.45, 2.75) is 0 Å². The number of aromatic nitrogens is 1. The van der Waals surface area contributed by atoms with Gasteiger partial charge in [0.15, 0.2) is 6.29 Å². The van der Waals surface area contributed by atoms with Crippen LogP contribution in [0.2, 0.25) is 0 Å². The number of hydrogen-bond acceptors (Lipinski definition) is 4. The smallest absolute Gasteiger partial charge is 0.355 e. The monoisotopic (exact) mass is 259 g/mol. The van der Waals surface area contributed by atoms with Crippen LogP contribution in [0.4, 0.5) is 0 Å². The van der Waals surface area contributed by atoms with E-state index < -0.39 is 5.97 Å². The molecule has 3 aromatic rings. The van der Waals surface area contributed by atoms with Gasteiger partial charge in [-0.05, 0) is 18.2 Å². The summed E-state index contributed by atoms with van der Waals surface area (Å²) in [5.41, 5.74) is 1.80. The van der Waals surface area contributed by atoms with E-state index in [1.54, 1.807) is 10.5 Å². The summed E-state index contributed by atoms with van der Waals surface area (Å²) in [6, 6.07) is 9.27. The lowest BCUT2D eigenvalue weighted by atomic mass is 10.3. The van der Waals surface area contributed by atoms with Crippen LogP contribution in [0, 0.1) is 0 Å². The van der Waals surface area contributed by atoms with Crippen molar-refractivity contribution in [3.63, 3.8) is 0 Å². The molecule has 0 spiro atoms. The van der Waals surface area contributed by atoms with Crippen LogP contribution in [-0.4, -0.2) is 23.8 Å². The molecule has 0 aliphatic carbocycles. The van der Waals surface area contributed by atoms with Gasteiger partial charge in [-0.25, -0.2) is 4.79 Å². The number of para-hydroxylation sites is 1. The third-order valence-electron chi connectivity index (χ3n) is 2.82. The van der Waals surface area contributed by atoms with Crippen LogP contribution in [0.15, 0.2) is 30.3 Å². The van der Waals surface area contributed by atoms with E-state index in [1.807, 2.05) is 24.3 Å². The van der Waals surface area contributed by atoms with Crippen molar-refractivity contribution in [2.75, 3.05) is 7.11 Å². The number of rotatable bonds is 2. The number of nitrogens with zero attached hydrogens (tertiary/aromatic N) is 1. The number of carbonyl (C=O) groups excluding carboxylic acids is 2. The summed E-state index contributed by atoms with van der Waals surface area (Å²) in [5, 5.41) is 0. The SMILES string of the molecule is COC(=O)c1cc(C=O)c2sc3ccccc3n12. The Bertz CT molecular complexity index is 769. The molecule has 1 aromatic carbocycles. The van der Waals surface area contributed by atoms with Gasteiger partial charge in [0, 0.05) is 0 Å². The molecule has 90 valence electrons. The Balaban J connectivity index is 2.49. The van der Waals surface area contributed by atoms with Crippen LogP contribution in [0.1, 0.15) is 20.8 Å². The Kier molecular flexibility index (Phi) is 2.41. The summed E-state index contributed by atoms with van der Waals surface area (Å²) in [5.74, 6) is -0.443. The van der Waals surface area contributed by atoms with Gasteiger partial charge in [-0.1, -0.05) is 12.1 Å². The lowest BCUT2D eigenvalue weighted by Crippen LogP contribution is -2.04. The fourth-order valence-electron chi connectivity index (χ4n) is 2.03. The number of benzene rings is 1. The first-order chi connectivity index (χ1) is 8.76. The lowest BCUT2D eigenvalue weighted by Gasteiger charge is -1.98. The van der Waals surface area contributed by atoms with Gasteiger partial charge in [0.1, 0.15) is 10.5 Å². The van der Waals surface area contributed by atoms with Crippen molar-refractivity contribution in [3.05, 3.63) is 41.6 Å². The van der Waals surface area contributed by atoms with Gasteiger partial charge in [0.05, 0.1) is 22.9 Å². The predicted molar refractivity (Wildman–Crippen MR) is 69.5 cm³/mol. The first kappa shape index (κ1) is 11.0. The molecule has 0 bridgehead atoms. The number of thiazole rings is 1. The Morgan fingerprint density at radius 2 is 2.17 bits per heavy atom. The number of fused-ring (bicyclic) bond motifs is 3. The second kappa shape index (κ2) is 3.96. The van der Waals surface area contributed by atoms with Crippen LogP contribution < -0.4 is 0 Å². The molecule has 2 aromatic heterocycles. The number of hydrogen-bond donors (Lipinski definition) is 0. The second-order valence-corrected chi connectivity index (χ2v) is 4.84. The lowest BCUT2D eigenvalue weighted by molar-refractivity contribution is 0.0593.